The van der Waals surface area contributed by atoms with Crippen LogP contribution in [0.15, 0.2) is 96.2 Å². The van der Waals surface area contributed by atoms with Gasteiger partial charge in [0.25, 0.3) is 15.9 Å². The van der Waals surface area contributed by atoms with E-state index in [9.17, 15) is 13.2 Å². The molecule has 35 heavy (non-hydrogen) atoms. The monoisotopic (exact) mass is 490 g/mol. The molecule has 1 amide bonds. The first-order chi connectivity index (χ1) is 16.8. The van der Waals surface area contributed by atoms with Crippen LogP contribution in [0.1, 0.15) is 27.8 Å². The maximum absolute atomic E-state index is 13.2. The Bertz CT molecular complexity index is 1420. The number of carbonyl (C=O) groups is 1. The fourth-order valence-corrected chi connectivity index (χ4v) is 4.97. The van der Waals surface area contributed by atoms with E-state index in [0.717, 1.165) is 9.87 Å². The van der Waals surface area contributed by atoms with Gasteiger partial charge in [0.1, 0.15) is 17.6 Å². The molecule has 0 radical (unpaired) electrons. The topological polar surface area (TPSA) is 93.5 Å². The van der Waals surface area contributed by atoms with Crippen LogP contribution in [0.25, 0.3) is 0 Å². The molecule has 0 aliphatic rings. The molecule has 1 N–H and O–H groups in total. The molecule has 0 saturated heterocycles. The third-order valence-electron chi connectivity index (χ3n) is 5.72. The van der Waals surface area contributed by atoms with E-state index in [1.165, 1.54) is 38.4 Å². The molecule has 0 saturated carbocycles. The van der Waals surface area contributed by atoms with Gasteiger partial charge >= 0.3 is 0 Å². The second-order valence-electron chi connectivity index (χ2n) is 7.88. The molecule has 0 bridgehead atoms. The van der Waals surface area contributed by atoms with Crippen molar-refractivity contribution in [2.24, 2.45) is 7.05 Å². The van der Waals surface area contributed by atoms with E-state index < -0.39 is 16.1 Å². The Balaban J connectivity index is 1.58. The fraction of sp³-hybridized carbons (Fsp3) is 0.154. The van der Waals surface area contributed by atoms with Gasteiger partial charge in [0.2, 0.25) is 0 Å². The Hall–Kier alpha value is -4.11. The maximum Gasteiger partial charge on any atom is 0.264 e. The third kappa shape index (κ3) is 4.90. The smallest absolute Gasteiger partial charge is 0.264 e. The van der Waals surface area contributed by atoms with Gasteiger partial charge in [-0.15, -0.1) is 0 Å². The van der Waals surface area contributed by atoms with Crippen molar-refractivity contribution >= 4 is 21.6 Å². The number of carbonyl (C=O) groups excluding carboxylic acids is 1. The van der Waals surface area contributed by atoms with Crippen molar-refractivity contribution in [3.05, 3.63) is 108 Å². The van der Waals surface area contributed by atoms with Crippen LogP contribution in [0.4, 0.5) is 5.69 Å². The predicted octanol–water partition coefficient (Wildman–Crippen LogP) is 3.77. The first kappa shape index (κ1) is 24.0. The minimum absolute atomic E-state index is 0.0613. The van der Waals surface area contributed by atoms with E-state index in [4.69, 9.17) is 4.74 Å². The lowest BCUT2D eigenvalue weighted by molar-refractivity contribution is 0.0941. The number of benzene rings is 3. The highest BCUT2D eigenvalue weighted by Crippen LogP contribution is 2.31. The molecule has 0 fully saturated rings. The predicted molar refractivity (Wildman–Crippen MR) is 134 cm³/mol. The molecule has 0 aliphatic carbocycles. The Morgan fingerprint density at radius 3 is 2.29 bits per heavy atom. The molecule has 180 valence electrons. The molecule has 0 spiro atoms. The van der Waals surface area contributed by atoms with Crippen LogP contribution in [-0.2, 0) is 17.1 Å². The van der Waals surface area contributed by atoms with E-state index in [1.54, 1.807) is 30.5 Å². The summed E-state index contributed by atoms with van der Waals surface area (Å²) in [6.45, 7) is 0. The lowest BCUT2D eigenvalue weighted by Gasteiger charge is -2.22. The van der Waals surface area contributed by atoms with Crippen molar-refractivity contribution in [1.82, 2.24) is 14.9 Å². The number of nitrogens with zero attached hydrogens (tertiary/aromatic N) is 3. The average molecular weight is 491 g/mol. The number of hydrogen-bond acceptors (Lipinski definition) is 5. The van der Waals surface area contributed by atoms with Crippen molar-refractivity contribution in [2.45, 2.75) is 10.9 Å². The van der Waals surface area contributed by atoms with E-state index in [-0.39, 0.29) is 10.8 Å². The number of rotatable bonds is 8. The Kier molecular flexibility index (Phi) is 6.88. The molecule has 0 aliphatic heterocycles. The molecule has 4 aromatic rings. The molecule has 1 unspecified atom stereocenters. The summed E-state index contributed by atoms with van der Waals surface area (Å²) < 4.78 is 34.7. The Labute approximate surface area is 204 Å². The zero-order valence-electron chi connectivity index (χ0n) is 19.6. The summed E-state index contributed by atoms with van der Waals surface area (Å²) in [7, 11) is 0.947. The SMILES string of the molecule is COc1ccccc1N(C)S(=O)(=O)c1ccc(C(=O)NC(c2ccccc2)c2nccn2C)cc1. The van der Waals surface area contributed by atoms with Crippen LogP contribution < -0.4 is 14.4 Å². The molecular formula is C26H26N4O4S. The first-order valence-electron chi connectivity index (χ1n) is 10.9. The normalized spacial score (nSPS) is 12.1. The second kappa shape index (κ2) is 10.0. The molecule has 1 aromatic heterocycles. The quantitative estimate of drug-likeness (QED) is 0.406. The first-order valence-corrected chi connectivity index (χ1v) is 12.3. The van der Waals surface area contributed by atoms with Gasteiger partial charge < -0.3 is 14.6 Å². The molecule has 1 atom stereocenters. The van der Waals surface area contributed by atoms with Crippen molar-refractivity contribution in [1.29, 1.82) is 0 Å². The highest BCUT2D eigenvalue weighted by Gasteiger charge is 2.25. The number of aryl methyl sites for hydroxylation is 1. The van der Waals surface area contributed by atoms with E-state index in [2.05, 4.69) is 10.3 Å². The Morgan fingerprint density at radius 1 is 1.00 bits per heavy atom. The highest BCUT2D eigenvalue weighted by molar-refractivity contribution is 7.92. The third-order valence-corrected chi connectivity index (χ3v) is 7.51. The van der Waals surface area contributed by atoms with Gasteiger partial charge in [0.05, 0.1) is 17.7 Å². The lowest BCUT2D eigenvalue weighted by Crippen LogP contribution is -2.31. The number of nitrogens with one attached hydrogen (secondary N) is 1. The summed E-state index contributed by atoms with van der Waals surface area (Å²) in [6, 6.07) is 21.8. The minimum Gasteiger partial charge on any atom is -0.495 e. The summed E-state index contributed by atoms with van der Waals surface area (Å²) in [4.78, 5) is 17.6. The minimum atomic E-state index is -3.87. The number of sulfonamides is 1. The largest absolute Gasteiger partial charge is 0.495 e. The van der Waals surface area contributed by atoms with Crippen molar-refractivity contribution < 1.29 is 17.9 Å². The molecule has 4 rings (SSSR count). The van der Waals surface area contributed by atoms with Crippen LogP contribution in [-0.4, -0.2) is 38.0 Å². The van der Waals surface area contributed by atoms with Gasteiger partial charge in [0.15, 0.2) is 0 Å². The van der Waals surface area contributed by atoms with Crippen molar-refractivity contribution in [3.8, 4) is 5.75 Å². The van der Waals surface area contributed by atoms with Crippen LogP contribution in [0.5, 0.6) is 5.75 Å². The fourth-order valence-electron chi connectivity index (χ4n) is 3.77. The summed E-state index contributed by atoms with van der Waals surface area (Å²) >= 11 is 0. The number of aromatic nitrogens is 2. The molecular weight excluding hydrogens is 464 g/mol. The number of hydrogen-bond donors (Lipinski definition) is 1. The molecule has 8 nitrogen and oxygen atoms in total. The highest BCUT2D eigenvalue weighted by atomic mass is 32.2. The zero-order valence-corrected chi connectivity index (χ0v) is 20.4. The van der Waals surface area contributed by atoms with E-state index in [0.29, 0.717) is 22.8 Å². The summed E-state index contributed by atoms with van der Waals surface area (Å²) in [6.07, 6.45) is 3.49. The van der Waals surface area contributed by atoms with Gasteiger partial charge in [0, 0.05) is 32.1 Å². The van der Waals surface area contributed by atoms with Crippen LogP contribution in [0, 0.1) is 0 Å². The van der Waals surface area contributed by atoms with Gasteiger partial charge in [-0.2, -0.15) is 0 Å². The summed E-state index contributed by atoms with van der Waals surface area (Å²) in [5.41, 5.74) is 1.63. The standard InChI is InChI=1S/C26H26N4O4S/c1-29-18-17-27-25(29)24(19-9-5-4-6-10-19)28-26(31)20-13-15-21(16-14-20)35(32,33)30(2)22-11-7-8-12-23(22)34-3/h4-18,24H,1-3H3,(H,28,31). The Morgan fingerprint density at radius 2 is 1.66 bits per heavy atom. The number of imidazole rings is 1. The molecule has 3 aromatic carbocycles. The van der Waals surface area contributed by atoms with Crippen LogP contribution in [0.2, 0.25) is 0 Å². The number of amides is 1. The van der Waals surface area contributed by atoms with Gasteiger partial charge in [-0.1, -0.05) is 42.5 Å². The van der Waals surface area contributed by atoms with Crippen LogP contribution >= 0.6 is 0 Å². The number of para-hydroxylation sites is 2. The number of ether oxygens (including phenoxy) is 1. The molecule has 1 heterocycles. The average Bonchev–Trinajstić information content (AvgIpc) is 3.32. The second-order valence-corrected chi connectivity index (χ2v) is 9.85. The van der Waals surface area contributed by atoms with E-state index >= 15 is 0 Å². The number of methoxy groups -OCH3 is 1. The van der Waals surface area contributed by atoms with Gasteiger partial charge in [-0.3, -0.25) is 9.10 Å². The summed E-state index contributed by atoms with van der Waals surface area (Å²) in [5, 5.41) is 3.02. The van der Waals surface area contributed by atoms with Gasteiger partial charge in [-0.25, -0.2) is 13.4 Å². The number of anilines is 1. The molecule has 9 heteroatoms. The van der Waals surface area contributed by atoms with E-state index in [1.807, 2.05) is 48.1 Å². The van der Waals surface area contributed by atoms with Crippen molar-refractivity contribution in [2.75, 3.05) is 18.5 Å². The van der Waals surface area contributed by atoms with Gasteiger partial charge in [-0.05, 0) is 42.0 Å². The maximum atomic E-state index is 13.2. The summed E-state index contributed by atoms with van der Waals surface area (Å²) in [5.74, 6) is 0.780. The van der Waals surface area contributed by atoms with Crippen LogP contribution in [0.3, 0.4) is 0 Å². The lowest BCUT2D eigenvalue weighted by atomic mass is 10.1. The zero-order chi connectivity index (χ0) is 25.0. The van der Waals surface area contributed by atoms with Crippen molar-refractivity contribution in [3.63, 3.8) is 0 Å².